The van der Waals surface area contributed by atoms with Crippen LogP contribution >= 0.6 is 11.3 Å². The quantitative estimate of drug-likeness (QED) is 0.571. The van der Waals surface area contributed by atoms with E-state index < -0.39 is 0 Å². The number of aromatic nitrogens is 1. The summed E-state index contributed by atoms with van der Waals surface area (Å²) in [6.07, 6.45) is 6.44. The largest absolute Gasteiger partial charge is 0.349 e. The molecule has 2 aromatic carbocycles. The number of rotatable bonds is 6. The zero-order chi connectivity index (χ0) is 21.9. The fourth-order valence-electron chi connectivity index (χ4n) is 4.83. The number of anilines is 1. The van der Waals surface area contributed by atoms with Crippen LogP contribution in [0, 0.1) is 0 Å². The maximum Gasteiger partial charge on any atom is 0.253 e. The van der Waals surface area contributed by atoms with E-state index in [0.717, 1.165) is 55.6 Å². The molecule has 1 aromatic heterocycles. The predicted molar refractivity (Wildman–Crippen MR) is 128 cm³/mol. The second-order valence-corrected chi connectivity index (χ2v) is 9.76. The Morgan fingerprint density at radius 2 is 1.78 bits per heavy atom. The van der Waals surface area contributed by atoms with Gasteiger partial charge in [0.1, 0.15) is 5.01 Å². The number of hydrogen-bond acceptors (Lipinski definition) is 5. The normalized spacial score (nSPS) is 19.4. The van der Waals surface area contributed by atoms with Crippen LogP contribution in [0.4, 0.5) is 5.69 Å². The zero-order valence-corrected chi connectivity index (χ0v) is 18.9. The van der Waals surface area contributed by atoms with Crippen molar-refractivity contribution in [1.29, 1.82) is 0 Å². The summed E-state index contributed by atoms with van der Waals surface area (Å²) in [6, 6.07) is 15.8. The lowest BCUT2D eigenvalue weighted by Crippen LogP contribution is -2.35. The highest BCUT2D eigenvalue weighted by molar-refractivity contribution is 7.18. The third kappa shape index (κ3) is 4.54. The van der Waals surface area contributed by atoms with E-state index in [0.29, 0.717) is 17.8 Å². The molecule has 1 aliphatic carbocycles. The second-order valence-electron chi connectivity index (χ2n) is 8.70. The number of nitrogens with one attached hydrogen (secondary N) is 2. The van der Waals surface area contributed by atoms with E-state index in [1.54, 1.807) is 23.5 Å². The first-order valence-corrected chi connectivity index (χ1v) is 12.3. The van der Waals surface area contributed by atoms with Gasteiger partial charge in [0, 0.05) is 6.04 Å². The Labute approximate surface area is 192 Å². The van der Waals surface area contributed by atoms with Crippen LogP contribution in [0.15, 0.2) is 48.5 Å². The van der Waals surface area contributed by atoms with Crippen molar-refractivity contribution in [3.8, 4) is 0 Å². The summed E-state index contributed by atoms with van der Waals surface area (Å²) in [5.41, 5.74) is 2.12. The van der Waals surface area contributed by atoms with Gasteiger partial charge in [0.05, 0.1) is 34.1 Å². The minimum Gasteiger partial charge on any atom is -0.349 e. The van der Waals surface area contributed by atoms with Crippen LogP contribution in [-0.4, -0.2) is 40.8 Å². The Morgan fingerprint density at radius 3 is 2.62 bits per heavy atom. The monoisotopic (exact) mass is 448 g/mol. The highest BCUT2D eigenvalue weighted by atomic mass is 32.1. The molecule has 1 saturated carbocycles. The van der Waals surface area contributed by atoms with Gasteiger partial charge in [-0.3, -0.25) is 14.5 Å². The number of nitrogens with zero attached hydrogens (tertiary/aromatic N) is 2. The van der Waals surface area contributed by atoms with Crippen LogP contribution in [0.25, 0.3) is 10.2 Å². The van der Waals surface area contributed by atoms with E-state index >= 15 is 0 Å². The van der Waals surface area contributed by atoms with Gasteiger partial charge >= 0.3 is 0 Å². The molecule has 2 N–H and O–H groups in total. The molecular weight excluding hydrogens is 420 g/mol. The van der Waals surface area contributed by atoms with Crippen molar-refractivity contribution >= 4 is 39.1 Å². The second kappa shape index (κ2) is 9.38. The molecule has 2 heterocycles. The first-order chi connectivity index (χ1) is 15.7. The number of fused-ring (bicyclic) bond motifs is 1. The molecule has 3 aromatic rings. The van der Waals surface area contributed by atoms with Gasteiger partial charge in [-0.1, -0.05) is 37.1 Å². The Kier molecular flexibility index (Phi) is 6.19. The summed E-state index contributed by atoms with van der Waals surface area (Å²) in [5, 5.41) is 7.18. The van der Waals surface area contributed by atoms with Gasteiger partial charge < -0.3 is 10.6 Å². The van der Waals surface area contributed by atoms with Gasteiger partial charge in [0.15, 0.2) is 0 Å². The molecule has 1 saturated heterocycles. The fraction of sp³-hybridized carbons (Fsp3) is 0.400. The Bertz CT molecular complexity index is 1090. The Balaban J connectivity index is 1.26. The van der Waals surface area contributed by atoms with Crippen molar-refractivity contribution in [2.75, 3.05) is 18.4 Å². The maximum atomic E-state index is 12.9. The van der Waals surface area contributed by atoms with Crippen LogP contribution in [-0.2, 0) is 4.79 Å². The molecule has 166 valence electrons. The van der Waals surface area contributed by atoms with E-state index in [-0.39, 0.29) is 23.9 Å². The number of hydrogen-bond donors (Lipinski definition) is 2. The topological polar surface area (TPSA) is 74.3 Å². The highest BCUT2D eigenvalue weighted by Crippen LogP contribution is 2.36. The summed E-state index contributed by atoms with van der Waals surface area (Å²) in [6.45, 7) is 1.16. The SMILES string of the molecule is O=C(CN1CCCC1c1nc2ccccc2s1)Nc1ccccc1C(=O)NC1CCCC1. The molecule has 2 amide bonds. The maximum absolute atomic E-state index is 12.9. The Hall–Kier alpha value is -2.77. The first-order valence-electron chi connectivity index (χ1n) is 11.5. The summed E-state index contributed by atoms with van der Waals surface area (Å²) in [5.74, 6) is -0.208. The lowest BCUT2D eigenvalue weighted by atomic mass is 10.1. The number of carbonyl (C=O) groups excluding carboxylic acids is 2. The molecule has 7 heteroatoms. The number of benzene rings is 2. The van der Waals surface area contributed by atoms with Crippen LogP contribution in [0.5, 0.6) is 0 Å². The van der Waals surface area contributed by atoms with E-state index in [4.69, 9.17) is 4.98 Å². The minimum atomic E-state index is -0.110. The molecular formula is C25H28N4O2S. The van der Waals surface area contributed by atoms with E-state index in [9.17, 15) is 9.59 Å². The van der Waals surface area contributed by atoms with Gasteiger partial charge in [0.2, 0.25) is 5.91 Å². The predicted octanol–water partition coefficient (Wildman–Crippen LogP) is 4.74. The molecule has 32 heavy (non-hydrogen) atoms. The van der Waals surface area contributed by atoms with Crippen molar-refractivity contribution in [2.24, 2.45) is 0 Å². The van der Waals surface area contributed by atoms with Crippen molar-refractivity contribution in [1.82, 2.24) is 15.2 Å². The van der Waals surface area contributed by atoms with Crippen molar-refractivity contribution in [2.45, 2.75) is 50.6 Å². The molecule has 0 bridgehead atoms. The van der Waals surface area contributed by atoms with Crippen LogP contribution in [0.3, 0.4) is 0 Å². The summed E-state index contributed by atoms with van der Waals surface area (Å²) >= 11 is 1.71. The number of likely N-dealkylation sites (tertiary alicyclic amines) is 1. The van der Waals surface area contributed by atoms with Crippen molar-refractivity contribution < 1.29 is 9.59 Å². The zero-order valence-electron chi connectivity index (χ0n) is 18.0. The average Bonchev–Trinajstić information content (AvgIpc) is 3.54. The molecule has 0 radical (unpaired) electrons. The molecule has 1 aliphatic heterocycles. The molecule has 2 aliphatic rings. The van der Waals surface area contributed by atoms with Crippen LogP contribution in [0.1, 0.15) is 59.9 Å². The third-order valence-corrected chi connectivity index (χ3v) is 7.58. The lowest BCUT2D eigenvalue weighted by Gasteiger charge is -2.22. The van der Waals surface area contributed by atoms with Gasteiger partial charge in [-0.15, -0.1) is 11.3 Å². The number of carbonyl (C=O) groups is 2. The lowest BCUT2D eigenvalue weighted by molar-refractivity contribution is -0.117. The summed E-state index contributed by atoms with van der Waals surface area (Å²) in [4.78, 5) is 32.7. The van der Waals surface area contributed by atoms with Crippen molar-refractivity contribution in [3.05, 3.63) is 59.1 Å². The summed E-state index contributed by atoms with van der Waals surface area (Å²) in [7, 11) is 0. The third-order valence-electron chi connectivity index (χ3n) is 6.44. The number of para-hydroxylation sites is 2. The Morgan fingerprint density at radius 1 is 1.00 bits per heavy atom. The van der Waals surface area contributed by atoms with Gasteiger partial charge in [-0.25, -0.2) is 4.98 Å². The van der Waals surface area contributed by atoms with Crippen LogP contribution < -0.4 is 10.6 Å². The molecule has 0 spiro atoms. The first kappa shape index (κ1) is 21.1. The molecule has 6 nitrogen and oxygen atoms in total. The summed E-state index contributed by atoms with van der Waals surface area (Å²) < 4.78 is 1.18. The molecule has 1 unspecified atom stereocenters. The number of thiazole rings is 1. The fourth-order valence-corrected chi connectivity index (χ4v) is 5.96. The van der Waals surface area contributed by atoms with Crippen LogP contribution in [0.2, 0.25) is 0 Å². The van der Waals surface area contributed by atoms with E-state index in [2.05, 4.69) is 21.6 Å². The number of amides is 2. The highest BCUT2D eigenvalue weighted by Gasteiger charge is 2.30. The smallest absolute Gasteiger partial charge is 0.253 e. The standard InChI is InChI=1S/C25H28N4O2S/c30-23(27-19-11-4-3-10-18(19)24(31)26-17-8-1-2-9-17)16-29-15-7-13-21(29)25-28-20-12-5-6-14-22(20)32-25/h3-6,10-12,14,17,21H,1-2,7-9,13,15-16H2,(H,26,31)(H,27,30). The van der Waals surface area contributed by atoms with Gasteiger partial charge in [0.25, 0.3) is 5.91 Å². The van der Waals surface area contributed by atoms with Gasteiger partial charge in [-0.2, -0.15) is 0 Å². The molecule has 5 rings (SSSR count). The van der Waals surface area contributed by atoms with E-state index in [1.165, 1.54) is 4.70 Å². The molecule has 2 fully saturated rings. The molecule has 1 atom stereocenters. The minimum absolute atomic E-state index is 0.0980. The van der Waals surface area contributed by atoms with Gasteiger partial charge in [-0.05, 0) is 56.5 Å². The average molecular weight is 449 g/mol. The van der Waals surface area contributed by atoms with Crippen molar-refractivity contribution in [3.63, 3.8) is 0 Å². The van der Waals surface area contributed by atoms with E-state index in [1.807, 2.05) is 30.3 Å².